The Morgan fingerprint density at radius 3 is 2.40 bits per heavy atom. The van der Waals surface area contributed by atoms with Gasteiger partial charge in [0, 0.05) is 6.08 Å². The molecule has 0 atom stereocenters. The quantitative estimate of drug-likeness (QED) is 0.236. The van der Waals surface area contributed by atoms with Gasteiger partial charge in [-0.05, 0) is 35.9 Å². The molecule has 2 aromatic carbocycles. The molecule has 0 aliphatic carbocycles. The number of carbonyl (C=O) groups excluding carboxylic acids is 2. The summed E-state index contributed by atoms with van der Waals surface area (Å²) in [5.74, 6) is -2.86. The second-order valence-corrected chi connectivity index (χ2v) is 5.47. The number of hydrogen-bond acceptors (Lipinski definition) is 10. The molecule has 0 amide bonds. The van der Waals surface area contributed by atoms with E-state index in [-0.39, 0.29) is 22.8 Å². The van der Waals surface area contributed by atoms with E-state index in [0.29, 0.717) is 5.56 Å². The molecule has 11 heteroatoms. The van der Waals surface area contributed by atoms with Crippen LogP contribution in [0.4, 0.5) is 0 Å². The highest BCUT2D eigenvalue weighted by atomic mass is 17.1. The van der Waals surface area contributed by atoms with E-state index in [2.05, 4.69) is 4.84 Å². The standard InChI is InChI=1S/C19H17NO10/c1-27-16-10-12(6-8-15(16)30-18(22)11-28-20(25)26)7-9-17(21)29-14-5-3-2-4-13(14)19(23)24/h2-10,25-26H,11H2,1H3,(H,23,24)/b9-7+. The van der Waals surface area contributed by atoms with Crippen LogP contribution in [0, 0.1) is 0 Å². The van der Waals surface area contributed by atoms with Crippen LogP contribution in [0.2, 0.25) is 0 Å². The van der Waals surface area contributed by atoms with Gasteiger partial charge in [-0.15, -0.1) is 0 Å². The van der Waals surface area contributed by atoms with Gasteiger partial charge in [-0.2, -0.15) is 0 Å². The van der Waals surface area contributed by atoms with E-state index in [1.807, 2.05) is 0 Å². The third-order valence-electron chi connectivity index (χ3n) is 3.45. The lowest BCUT2D eigenvalue weighted by molar-refractivity contribution is -0.489. The zero-order valence-corrected chi connectivity index (χ0v) is 15.5. The van der Waals surface area contributed by atoms with Gasteiger partial charge in [0.1, 0.15) is 11.3 Å². The number of ether oxygens (including phenoxy) is 3. The molecule has 0 fully saturated rings. The van der Waals surface area contributed by atoms with Crippen LogP contribution in [-0.4, -0.2) is 52.5 Å². The molecule has 158 valence electrons. The van der Waals surface area contributed by atoms with Gasteiger partial charge in [-0.25, -0.2) is 19.2 Å². The van der Waals surface area contributed by atoms with E-state index in [0.717, 1.165) is 6.08 Å². The zero-order chi connectivity index (χ0) is 22.1. The number of nitrogens with zero attached hydrogens (tertiary/aromatic N) is 1. The SMILES string of the molecule is COc1cc(/C=C/C(=O)Oc2ccccc2C(=O)O)ccc1OC(=O)CON(O)O. The van der Waals surface area contributed by atoms with E-state index < -0.39 is 29.9 Å². The number of methoxy groups -OCH3 is 1. The molecule has 11 nitrogen and oxygen atoms in total. The van der Waals surface area contributed by atoms with Gasteiger partial charge in [0.25, 0.3) is 0 Å². The van der Waals surface area contributed by atoms with Gasteiger partial charge in [0.2, 0.25) is 0 Å². The Balaban J connectivity index is 2.06. The molecule has 0 unspecified atom stereocenters. The summed E-state index contributed by atoms with van der Waals surface area (Å²) in [6.07, 6.45) is 2.47. The van der Waals surface area contributed by atoms with Gasteiger partial charge >= 0.3 is 17.9 Å². The van der Waals surface area contributed by atoms with Crippen molar-refractivity contribution in [1.29, 1.82) is 0 Å². The van der Waals surface area contributed by atoms with Crippen LogP contribution in [0.5, 0.6) is 17.2 Å². The Labute approximate surface area is 169 Å². The molecule has 0 saturated carbocycles. The van der Waals surface area contributed by atoms with Crippen molar-refractivity contribution in [2.75, 3.05) is 13.7 Å². The van der Waals surface area contributed by atoms with E-state index >= 15 is 0 Å². The van der Waals surface area contributed by atoms with E-state index in [1.54, 1.807) is 0 Å². The summed E-state index contributed by atoms with van der Waals surface area (Å²) in [5, 5.41) is 25.3. The smallest absolute Gasteiger partial charge is 0.339 e. The van der Waals surface area contributed by atoms with Crippen molar-refractivity contribution < 1.29 is 49.0 Å². The fourth-order valence-electron chi connectivity index (χ4n) is 2.17. The second kappa shape index (κ2) is 10.7. The van der Waals surface area contributed by atoms with Crippen molar-refractivity contribution in [1.82, 2.24) is 5.39 Å². The molecule has 0 heterocycles. The van der Waals surface area contributed by atoms with Crippen LogP contribution in [0.3, 0.4) is 0 Å². The minimum atomic E-state index is -1.23. The second-order valence-electron chi connectivity index (χ2n) is 5.47. The Morgan fingerprint density at radius 2 is 1.73 bits per heavy atom. The molecule has 3 N–H and O–H groups in total. The molecule has 2 aromatic rings. The number of aromatic carboxylic acids is 1. The number of carboxylic acid groups (broad SMARTS) is 1. The minimum absolute atomic E-state index is 0.0311. The molecule has 0 bridgehead atoms. The van der Waals surface area contributed by atoms with Crippen molar-refractivity contribution >= 4 is 24.0 Å². The summed E-state index contributed by atoms with van der Waals surface area (Å²) >= 11 is 0. The number of para-hydroxylation sites is 1. The molecule has 0 radical (unpaired) electrons. The van der Waals surface area contributed by atoms with Crippen molar-refractivity contribution in [2.24, 2.45) is 0 Å². The Kier molecular flexibility index (Phi) is 8.02. The van der Waals surface area contributed by atoms with E-state index in [9.17, 15) is 14.4 Å². The van der Waals surface area contributed by atoms with Crippen molar-refractivity contribution in [3.05, 3.63) is 59.7 Å². The molecule has 0 spiro atoms. The number of carbonyl (C=O) groups is 3. The lowest BCUT2D eigenvalue weighted by Crippen LogP contribution is -2.23. The number of carboxylic acids is 1. The predicted molar refractivity (Wildman–Crippen MR) is 98.1 cm³/mol. The summed E-state index contributed by atoms with van der Waals surface area (Å²) < 4.78 is 15.1. The highest BCUT2D eigenvalue weighted by molar-refractivity contribution is 5.94. The summed E-state index contributed by atoms with van der Waals surface area (Å²) in [7, 11) is 1.33. The number of benzene rings is 2. The normalized spacial score (nSPS) is 10.8. The summed E-state index contributed by atoms with van der Waals surface area (Å²) in [4.78, 5) is 38.8. The molecule has 2 rings (SSSR count). The van der Waals surface area contributed by atoms with Crippen LogP contribution in [0.25, 0.3) is 6.08 Å². The van der Waals surface area contributed by atoms with Crippen molar-refractivity contribution in [2.45, 2.75) is 0 Å². The van der Waals surface area contributed by atoms with Crippen LogP contribution < -0.4 is 14.2 Å². The average molecular weight is 419 g/mol. The lowest BCUT2D eigenvalue weighted by atomic mass is 10.2. The molecular formula is C19H17NO10. The monoisotopic (exact) mass is 419 g/mol. The highest BCUT2D eigenvalue weighted by Gasteiger charge is 2.14. The molecule has 0 aromatic heterocycles. The Morgan fingerprint density at radius 1 is 1.00 bits per heavy atom. The maximum Gasteiger partial charge on any atom is 0.339 e. The molecular weight excluding hydrogens is 402 g/mol. The average Bonchev–Trinajstić information content (AvgIpc) is 2.71. The topological polar surface area (TPSA) is 152 Å². The fourth-order valence-corrected chi connectivity index (χ4v) is 2.17. The van der Waals surface area contributed by atoms with Crippen LogP contribution in [-0.2, 0) is 14.4 Å². The maximum absolute atomic E-state index is 12.0. The molecule has 0 aliphatic rings. The molecule has 0 aliphatic heterocycles. The molecule has 30 heavy (non-hydrogen) atoms. The third kappa shape index (κ3) is 6.68. The summed E-state index contributed by atoms with van der Waals surface area (Å²) in [5.41, 5.74) is 0.338. The predicted octanol–water partition coefficient (Wildman–Crippen LogP) is 1.93. The molecule has 0 saturated heterocycles. The Hall–Kier alpha value is -3.77. The third-order valence-corrected chi connectivity index (χ3v) is 3.45. The van der Waals surface area contributed by atoms with Crippen LogP contribution in [0.1, 0.15) is 15.9 Å². The fraction of sp³-hybridized carbons (Fsp3) is 0.105. The summed E-state index contributed by atoms with van der Waals surface area (Å²) in [6, 6.07) is 10.1. The van der Waals surface area contributed by atoms with Crippen LogP contribution >= 0.6 is 0 Å². The lowest BCUT2D eigenvalue weighted by Gasteiger charge is -2.10. The van der Waals surface area contributed by atoms with Crippen molar-refractivity contribution in [3.8, 4) is 17.2 Å². The summed E-state index contributed by atoms with van der Waals surface area (Å²) in [6.45, 7) is -0.762. The first kappa shape index (κ1) is 22.5. The highest BCUT2D eigenvalue weighted by Crippen LogP contribution is 2.29. The van der Waals surface area contributed by atoms with Crippen LogP contribution in [0.15, 0.2) is 48.5 Å². The first-order valence-corrected chi connectivity index (χ1v) is 8.22. The van der Waals surface area contributed by atoms with Gasteiger partial charge < -0.3 is 19.3 Å². The van der Waals surface area contributed by atoms with Gasteiger partial charge in [-0.1, -0.05) is 18.2 Å². The van der Waals surface area contributed by atoms with Gasteiger partial charge in [0.05, 0.1) is 12.5 Å². The first-order valence-electron chi connectivity index (χ1n) is 8.22. The van der Waals surface area contributed by atoms with Gasteiger partial charge in [0.15, 0.2) is 18.1 Å². The largest absolute Gasteiger partial charge is 0.493 e. The van der Waals surface area contributed by atoms with E-state index in [4.69, 9.17) is 29.7 Å². The first-order chi connectivity index (χ1) is 14.3. The minimum Gasteiger partial charge on any atom is -0.493 e. The van der Waals surface area contributed by atoms with Gasteiger partial charge in [-0.3, -0.25) is 10.4 Å². The Bertz CT molecular complexity index is 954. The number of rotatable bonds is 9. The zero-order valence-electron chi connectivity index (χ0n) is 15.5. The maximum atomic E-state index is 12.0. The number of hydrogen-bond donors (Lipinski definition) is 3. The number of esters is 2. The van der Waals surface area contributed by atoms with Crippen molar-refractivity contribution in [3.63, 3.8) is 0 Å². The van der Waals surface area contributed by atoms with E-state index in [1.165, 1.54) is 55.7 Å².